The van der Waals surface area contributed by atoms with Crippen LogP contribution < -0.4 is 5.32 Å². The number of fused-ring (bicyclic) bond motifs is 1. The minimum atomic E-state index is 0.120. The van der Waals surface area contributed by atoms with E-state index in [0.717, 1.165) is 18.2 Å². The van der Waals surface area contributed by atoms with Gasteiger partial charge in [0.1, 0.15) is 11.7 Å². The van der Waals surface area contributed by atoms with Gasteiger partial charge in [0.2, 0.25) is 0 Å². The minimum Gasteiger partial charge on any atom is -0.325 e. The first-order valence-corrected chi connectivity index (χ1v) is 6.90. The van der Waals surface area contributed by atoms with Gasteiger partial charge in [0.25, 0.3) is 0 Å². The zero-order valence-electron chi connectivity index (χ0n) is 12.1. The van der Waals surface area contributed by atoms with E-state index < -0.39 is 0 Å². The molecule has 0 amide bonds. The summed E-state index contributed by atoms with van der Waals surface area (Å²) in [6.45, 7) is 7.36. The van der Waals surface area contributed by atoms with E-state index in [-0.39, 0.29) is 5.41 Å². The number of nitrogens with zero attached hydrogens (tertiary/aromatic N) is 2. The Morgan fingerprint density at radius 2 is 1.90 bits per heavy atom. The molecule has 102 valence electrons. The summed E-state index contributed by atoms with van der Waals surface area (Å²) in [5.41, 5.74) is 3.83. The molecule has 0 saturated heterocycles. The Kier molecular flexibility index (Phi) is 3.05. The van der Waals surface area contributed by atoms with Crippen LogP contribution in [0.5, 0.6) is 0 Å². The third kappa shape index (κ3) is 2.44. The van der Waals surface area contributed by atoms with Crippen molar-refractivity contribution in [3.05, 3.63) is 59.3 Å². The molecule has 2 aromatic rings. The molecule has 20 heavy (non-hydrogen) atoms. The van der Waals surface area contributed by atoms with Crippen LogP contribution in [0.15, 0.2) is 47.6 Å². The fraction of sp³-hybridized carbons (Fsp3) is 0.294. The van der Waals surface area contributed by atoms with Gasteiger partial charge in [0.15, 0.2) is 0 Å². The smallest absolute Gasteiger partial charge is 0.134 e. The van der Waals surface area contributed by atoms with E-state index in [4.69, 9.17) is 0 Å². The number of hydrogen-bond acceptors (Lipinski definition) is 3. The highest BCUT2D eigenvalue weighted by Crippen LogP contribution is 2.24. The largest absolute Gasteiger partial charge is 0.325 e. The van der Waals surface area contributed by atoms with E-state index in [1.165, 1.54) is 16.7 Å². The fourth-order valence-corrected chi connectivity index (χ4v) is 2.33. The molecule has 1 aromatic heterocycles. The highest BCUT2D eigenvalue weighted by molar-refractivity contribution is 6.10. The fourth-order valence-electron chi connectivity index (χ4n) is 2.33. The van der Waals surface area contributed by atoms with Crippen molar-refractivity contribution in [1.29, 1.82) is 0 Å². The lowest BCUT2D eigenvalue weighted by molar-refractivity contribution is 0.589. The number of rotatable bonds is 1. The van der Waals surface area contributed by atoms with Gasteiger partial charge < -0.3 is 5.32 Å². The van der Waals surface area contributed by atoms with Crippen molar-refractivity contribution in [2.45, 2.75) is 32.7 Å². The summed E-state index contributed by atoms with van der Waals surface area (Å²) in [4.78, 5) is 8.95. The standard InChI is InChI=1S/C17H19N3/c1-17(2,3)13-8-9-18-15(10-13)20-16-14-7-5-4-6-12(14)11-19-16/h4-10H,11H2,1-3H3,(H,18,19,20). The number of aromatic nitrogens is 1. The van der Waals surface area contributed by atoms with Gasteiger partial charge in [-0.15, -0.1) is 0 Å². The van der Waals surface area contributed by atoms with E-state index in [0.29, 0.717) is 0 Å². The third-order valence-corrected chi connectivity index (χ3v) is 3.55. The lowest BCUT2D eigenvalue weighted by Crippen LogP contribution is -2.15. The molecule has 1 aliphatic heterocycles. The van der Waals surface area contributed by atoms with Crippen LogP contribution in [0, 0.1) is 0 Å². The van der Waals surface area contributed by atoms with Crippen LogP contribution in [0.1, 0.15) is 37.5 Å². The molecule has 3 heteroatoms. The number of aliphatic imine (C=N–C) groups is 1. The predicted octanol–water partition coefficient (Wildman–Crippen LogP) is 3.75. The van der Waals surface area contributed by atoms with Crippen LogP contribution in [0.2, 0.25) is 0 Å². The van der Waals surface area contributed by atoms with E-state index in [1.54, 1.807) is 0 Å². The van der Waals surface area contributed by atoms with Crippen molar-refractivity contribution in [2.75, 3.05) is 5.32 Å². The van der Waals surface area contributed by atoms with Crippen LogP contribution in [-0.2, 0) is 12.0 Å². The van der Waals surface area contributed by atoms with Gasteiger partial charge in [-0.1, -0.05) is 45.0 Å². The molecule has 3 rings (SSSR count). The van der Waals surface area contributed by atoms with Gasteiger partial charge in [-0.2, -0.15) is 0 Å². The molecular weight excluding hydrogens is 246 g/mol. The van der Waals surface area contributed by atoms with Crippen LogP contribution in [-0.4, -0.2) is 10.8 Å². The van der Waals surface area contributed by atoms with Gasteiger partial charge >= 0.3 is 0 Å². The van der Waals surface area contributed by atoms with E-state index in [2.05, 4.69) is 66.4 Å². The number of benzene rings is 1. The molecular formula is C17H19N3. The van der Waals surface area contributed by atoms with Gasteiger partial charge in [0.05, 0.1) is 6.54 Å². The first-order chi connectivity index (χ1) is 9.54. The Balaban J connectivity index is 1.87. The molecule has 3 nitrogen and oxygen atoms in total. The second kappa shape index (κ2) is 4.75. The molecule has 0 spiro atoms. The first kappa shape index (κ1) is 12.9. The average Bonchev–Trinajstić information content (AvgIpc) is 2.82. The van der Waals surface area contributed by atoms with Crippen molar-refractivity contribution in [1.82, 2.24) is 4.98 Å². The van der Waals surface area contributed by atoms with Crippen molar-refractivity contribution < 1.29 is 0 Å². The summed E-state index contributed by atoms with van der Waals surface area (Å²) in [5, 5.41) is 3.35. The van der Waals surface area contributed by atoms with Gasteiger partial charge in [0, 0.05) is 11.8 Å². The molecule has 0 unspecified atom stereocenters. The van der Waals surface area contributed by atoms with Crippen LogP contribution in [0.25, 0.3) is 0 Å². The summed E-state index contributed by atoms with van der Waals surface area (Å²) >= 11 is 0. The maximum absolute atomic E-state index is 4.56. The van der Waals surface area contributed by atoms with E-state index >= 15 is 0 Å². The second-order valence-electron chi connectivity index (χ2n) is 6.13. The monoisotopic (exact) mass is 265 g/mol. The zero-order chi connectivity index (χ0) is 14.2. The van der Waals surface area contributed by atoms with Crippen molar-refractivity contribution in [3.8, 4) is 0 Å². The third-order valence-electron chi connectivity index (χ3n) is 3.55. The molecule has 1 N–H and O–H groups in total. The molecule has 0 atom stereocenters. The van der Waals surface area contributed by atoms with Crippen LogP contribution >= 0.6 is 0 Å². The molecule has 0 fully saturated rings. The van der Waals surface area contributed by atoms with Crippen molar-refractivity contribution in [3.63, 3.8) is 0 Å². The van der Waals surface area contributed by atoms with Gasteiger partial charge in [-0.05, 0) is 28.7 Å². The van der Waals surface area contributed by atoms with Crippen molar-refractivity contribution in [2.24, 2.45) is 4.99 Å². The number of pyridine rings is 1. The zero-order valence-corrected chi connectivity index (χ0v) is 12.1. The average molecular weight is 265 g/mol. The predicted molar refractivity (Wildman–Crippen MR) is 83.2 cm³/mol. The molecule has 2 heterocycles. The van der Waals surface area contributed by atoms with Crippen molar-refractivity contribution >= 4 is 11.7 Å². The Morgan fingerprint density at radius 1 is 1.10 bits per heavy atom. The van der Waals surface area contributed by atoms with E-state index in [1.807, 2.05) is 12.3 Å². The topological polar surface area (TPSA) is 37.3 Å². The molecule has 0 saturated carbocycles. The Hall–Kier alpha value is -2.16. The number of anilines is 1. The molecule has 0 aliphatic carbocycles. The Labute approximate surface area is 119 Å². The van der Waals surface area contributed by atoms with E-state index in [9.17, 15) is 0 Å². The highest BCUT2D eigenvalue weighted by atomic mass is 15.1. The number of hydrogen-bond donors (Lipinski definition) is 1. The quantitative estimate of drug-likeness (QED) is 0.852. The molecule has 1 aliphatic rings. The summed E-state index contributed by atoms with van der Waals surface area (Å²) in [6, 6.07) is 12.5. The summed E-state index contributed by atoms with van der Waals surface area (Å²) in [7, 11) is 0. The molecule has 1 aromatic carbocycles. The lowest BCUT2D eigenvalue weighted by Gasteiger charge is -2.19. The Morgan fingerprint density at radius 3 is 2.70 bits per heavy atom. The summed E-state index contributed by atoms with van der Waals surface area (Å²) in [5.74, 6) is 1.77. The summed E-state index contributed by atoms with van der Waals surface area (Å²) < 4.78 is 0. The maximum atomic E-state index is 4.56. The van der Waals surface area contributed by atoms with Crippen LogP contribution in [0.3, 0.4) is 0 Å². The normalized spacial score (nSPS) is 13.8. The number of nitrogens with one attached hydrogen (secondary N) is 1. The lowest BCUT2D eigenvalue weighted by atomic mass is 9.88. The van der Waals surface area contributed by atoms with Crippen LogP contribution in [0.4, 0.5) is 5.82 Å². The maximum Gasteiger partial charge on any atom is 0.134 e. The number of amidine groups is 1. The molecule has 0 bridgehead atoms. The first-order valence-electron chi connectivity index (χ1n) is 6.90. The summed E-state index contributed by atoms with van der Waals surface area (Å²) in [6.07, 6.45) is 1.85. The molecule has 0 radical (unpaired) electrons. The van der Waals surface area contributed by atoms with Gasteiger partial charge in [-0.25, -0.2) is 4.98 Å². The SMILES string of the molecule is CC(C)(C)c1ccnc(NC2=NCc3ccccc32)c1. The van der Waals surface area contributed by atoms with Gasteiger partial charge in [-0.3, -0.25) is 4.99 Å². The second-order valence-corrected chi connectivity index (χ2v) is 6.13. The minimum absolute atomic E-state index is 0.120. The highest BCUT2D eigenvalue weighted by Gasteiger charge is 2.17. The Bertz CT molecular complexity index is 666.